The fourth-order valence-corrected chi connectivity index (χ4v) is 10.1. The molecule has 254 valence electrons. The third-order valence-corrected chi connectivity index (χ3v) is 12.7. The molecule has 54 heavy (non-hydrogen) atoms. The lowest BCUT2D eigenvalue weighted by Gasteiger charge is -2.22. The van der Waals surface area contributed by atoms with Crippen molar-refractivity contribution in [2.24, 2.45) is 0 Å². The van der Waals surface area contributed by atoms with Crippen LogP contribution in [0.1, 0.15) is 25.0 Å². The highest BCUT2D eigenvalue weighted by Gasteiger charge is 2.38. The van der Waals surface area contributed by atoms with Gasteiger partial charge in [-0.2, -0.15) is 0 Å². The normalized spacial score (nSPS) is 13.1. The summed E-state index contributed by atoms with van der Waals surface area (Å²) in [6, 6.07) is 61.6. The number of hydrogen-bond donors (Lipinski definition) is 0. The molecule has 0 saturated carbocycles. The Bertz CT molecular complexity index is 3130. The molecule has 8 aromatic carbocycles. The molecule has 3 heteroatoms. The van der Waals surface area contributed by atoms with E-state index in [9.17, 15) is 0 Å². The molecule has 2 nitrogen and oxygen atoms in total. The largest absolute Gasteiger partial charge is 0.228 e. The van der Waals surface area contributed by atoms with E-state index in [-0.39, 0.29) is 5.41 Å². The Morgan fingerprint density at radius 1 is 0.426 bits per heavy atom. The molecule has 0 spiro atoms. The maximum atomic E-state index is 5.31. The van der Waals surface area contributed by atoms with Gasteiger partial charge in [0.15, 0.2) is 5.82 Å². The molecule has 0 bridgehead atoms. The molecule has 10 aromatic rings. The SMILES string of the molecule is CC1(C)c2cccc(-c3ccc(-c4cc(-c5cccc6sc7ccccc7c56)nc(-c5ccccc5)n4)c4ccccc34)c2-c2c1ccc1ccccc21. The minimum absolute atomic E-state index is 0.109. The third-order valence-electron chi connectivity index (χ3n) is 11.5. The van der Waals surface area contributed by atoms with Crippen LogP contribution >= 0.6 is 11.3 Å². The zero-order valence-electron chi connectivity index (χ0n) is 30.0. The summed E-state index contributed by atoms with van der Waals surface area (Å²) in [5.74, 6) is 0.722. The number of benzene rings is 8. The number of hydrogen-bond acceptors (Lipinski definition) is 3. The molecule has 0 N–H and O–H groups in total. The summed E-state index contributed by atoms with van der Waals surface area (Å²) in [6.07, 6.45) is 0. The molecule has 0 amide bonds. The predicted molar refractivity (Wildman–Crippen MR) is 229 cm³/mol. The van der Waals surface area contributed by atoms with Crippen molar-refractivity contribution in [2.45, 2.75) is 19.3 Å². The van der Waals surface area contributed by atoms with Gasteiger partial charge in [-0.25, -0.2) is 9.97 Å². The van der Waals surface area contributed by atoms with Crippen molar-refractivity contribution < 1.29 is 0 Å². The minimum Gasteiger partial charge on any atom is -0.228 e. The van der Waals surface area contributed by atoms with E-state index >= 15 is 0 Å². The van der Waals surface area contributed by atoms with E-state index in [0.717, 1.165) is 33.9 Å². The number of fused-ring (bicyclic) bond motifs is 9. The zero-order chi connectivity index (χ0) is 36.0. The first kappa shape index (κ1) is 31.1. The van der Waals surface area contributed by atoms with Gasteiger partial charge in [0.1, 0.15) is 0 Å². The second kappa shape index (κ2) is 11.8. The van der Waals surface area contributed by atoms with Gasteiger partial charge in [-0.3, -0.25) is 0 Å². The minimum atomic E-state index is -0.109. The highest BCUT2D eigenvalue weighted by molar-refractivity contribution is 7.25. The van der Waals surface area contributed by atoms with Crippen LogP contribution in [0.3, 0.4) is 0 Å². The molecule has 0 radical (unpaired) electrons. The molecular formula is C51H34N2S. The second-order valence-electron chi connectivity index (χ2n) is 14.9. The quantitative estimate of drug-likeness (QED) is 0.182. The topological polar surface area (TPSA) is 25.8 Å². The summed E-state index contributed by atoms with van der Waals surface area (Å²) in [5, 5.41) is 7.47. The summed E-state index contributed by atoms with van der Waals surface area (Å²) >= 11 is 1.83. The Labute approximate surface area is 318 Å². The van der Waals surface area contributed by atoms with E-state index in [1.54, 1.807) is 0 Å². The lowest BCUT2D eigenvalue weighted by molar-refractivity contribution is 0.661. The Morgan fingerprint density at radius 2 is 1.04 bits per heavy atom. The first-order valence-corrected chi connectivity index (χ1v) is 19.4. The number of rotatable bonds is 4. The Hall–Kier alpha value is -6.42. The monoisotopic (exact) mass is 706 g/mol. The average molecular weight is 707 g/mol. The maximum absolute atomic E-state index is 5.31. The summed E-state index contributed by atoms with van der Waals surface area (Å²) in [5.41, 5.74) is 12.9. The van der Waals surface area contributed by atoms with Crippen LogP contribution in [0.5, 0.6) is 0 Å². The van der Waals surface area contributed by atoms with Crippen molar-refractivity contribution in [3.05, 3.63) is 181 Å². The van der Waals surface area contributed by atoms with E-state index in [0.29, 0.717) is 0 Å². The van der Waals surface area contributed by atoms with Gasteiger partial charge in [-0.15, -0.1) is 11.3 Å². The number of thiophene rings is 1. The summed E-state index contributed by atoms with van der Waals surface area (Å²) < 4.78 is 2.54. The molecule has 0 unspecified atom stereocenters. The smallest absolute Gasteiger partial charge is 0.160 e. The van der Waals surface area contributed by atoms with Crippen LogP contribution in [0.2, 0.25) is 0 Å². The van der Waals surface area contributed by atoms with E-state index in [1.807, 2.05) is 17.4 Å². The van der Waals surface area contributed by atoms with Crippen LogP contribution in [-0.2, 0) is 5.41 Å². The van der Waals surface area contributed by atoms with Crippen LogP contribution in [0, 0.1) is 0 Å². The van der Waals surface area contributed by atoms with Gasteiger partial charge in [-0.1, -0.05) is 166 Å². The zero-order valence-corrected chi connectivity index (χ0v) is 30.8. The van der Waals surface area contributed by atoms with Gasteiger partial charge in [0.2, 0.25) is 0 Å². The van der Waals surface area contributed by atoms with E-state index in [2.05, 4.69) is 178 Å². The van der Waals surface area contributed by atoms with Crippen LogP contribution < -0.4 is 0 Å². The first-order valence-electron chi connectivity index (χ1n) is 18.6. The third kappa shape index (κ3) is 4.58. The summed E-state index contributed by atoms with van der Waals surface area (Å²) in [6.45, 7) is 4.74. The van der Waals surface area contributed by atoms with E-state index in [1.165, 1.54) is 75.1 Å². The highest BCUT2D eigenvalue weighted by atomic mass is 32.1. The van der Waals surface area contributed by atoms with Gasteiger partial charge >= 0.3 is 0 Å². The molecule has 11 rings (SSSR count). The molecule has 0 saturated heterocycles. The molecule has 2 heterocycles. The van der Waals surface area contributed by atoms with E-state index in [4.69, 9.17) is 9.97 Å². The van der Waals surface area contributed by atoms with Crippen molar-refractivity contribution in [1.29, 1.82) is 0 Å². The van der Waals surface area contributed by atoms with Gasteiger partial charge < -0.3 is 0 Å². The van der Waals surface area contributed by atoms with Crippen molar-refractivity contribution in [2.75, 3.05) is 0 Å². The van der Waals surface area contributed by atoms with Gasteiger partial charge in [-0.05, 0) is 73.1 Å². The standard InChI is InChI=1S/C51H34N2S/c1-51(2)41-23-12-21-38(49(41)48-33-17-7-6-14-31(33)26-29-42(48)51)36-27-28-37(35-19-9-8-18-34(35)36)43-30-44(53-50(52-43)32-15-4-3-5-16-32)39-22-13-25-46-47(39)40-20-10-11-24-45(40)54-46/h3-30H,1-2H3. The molecule has 0 aliphatic heterocycles. The number of nitrogens with zero attached hydrogens (tertiary/aromatic N) is 2. The van der Waals surface area contributed by atoms with Crippen molar-refractivity contribution in [1.82, 2.24) is 9.97 Å². The van der Waals surface area contributed by atoms with Crippen molar-refractivity contribution in [3.63, 3.8) is 0 Å². The summed E-state index contributed by atoms with van der Waals surface area (Å²) in [7, 11) is 0. The lowest BCUT2D eigenvalue weighted by Crippen LogP contribution is -2.14. The maximum Gasteiger partial charge on any atom is 0.160 e. The Morgan fingerprint density at radius 3 is 1.87 bits per heavy atom. The summed E-state index contributed by atoms with van der Waals surface area (Å²) in [4.78, 5) is 10.6. The van der Waals surface area contributed by atoms with Crippen LogP contribution in [0.15, 0.2) is 170 Å². The van der Waals surface area contributed by atoms with Gasteiger partial charge in [0.05, 0.1) is 11.4 Å². The average Bonchev–Trinajstić information content (AvgIpc) is 3.73. The second-order valence-corrected chi connectivity index (χ2v) is 16.0. The van der Waals surface area contributed by atoms with Gasteiger partial charge in [0, 0.05) is 42.3 Å². The van der Waals surface area contributed by atoms with Crippen molar-refractivity contribution in [3.8, 4) is 56.2 Å². The van der Waals surface area contributed by atoms with Gasteiger partial charge in [0.25, 0.3) is 0 Å². The molecule has 0 atom stereocenters. The van der Waals surface area contributed by atoms with Crippen LogP contribution in [0.25, 0.3) is 97.9 Å². The molecule has 0 fully saturated rings. The molecule has 1 aliphatic carbocycles. The van der Waals surface area contributed by atoms with E-state index < -0.39 is 0 Å². The highest BCUT2D eigenvalue weighted by Crippen LogP contribution is 2.55. The molecular weight excluding hydrogens is 673 g/mol. The number of aromatic nitrogens is 2. The first-order chi connectivity index (χ1) is 26.5. The van der Waals surface area contributed by atoms with Crippen LogP contribution in [-0.4, -0.2) is 9.97 Å². The Balaban J connectivity index is 1.16. The Kier molecular flexibility index (Phi) is 6.80. The molecule has 2 aromatic heterocycles. The fourth-order valence-electron chi connectivity index (χ4n) is 8.96. The lowest BCUT2D eigenvalue weighted by atomic mass is 9.81. The van der Waals surface area contributed by atoms with Crippen molar-refractivity contribution >= 4 is 53.1 Å². The molecule has 1 aliphatic rings. The van der Waals surface area contributed by atoms with Crippen LogP contribution in [0.4, 0.5) is 0 Å². The fraction of sp³-hybridized carbons (Fsp3) is 0.0588. The predicted octanol–water partition coefficient (Wildman–Crippen LogP) is 14.1.